The van der Waals surface area contributed by atoms with Gasteiger partial charge < -0.3 is 10.2 Å². The predicted octanol–water partition coefficient (Wildman–Crippen LogP) is 1.42. The van der Waals surface area contributed by atoms with Crippen molar-refractivity contribution in [1.82, 2.24) is 10.2 Å². The highest BCUT2D eigenvalue weighted by atomic mass is 32.2. The minimum absolute atomic E-state index is 0.973. The lowest BCUT2D eigenvalue weighted by Crippen LogP contribution is -2.43. The minimum Gasteiger partial charge on any atom is -0.316 e. The van der Waals surface area contributed by atoms with Crippen LogP contribution in [0.15, 0.2) is 0 Å². The molecule has 0 bridgehead atoms. The van der Waals surface area contributed by atoms with E-state index in [-0.39, 0.29) is 0 Å². The Labute approximate surface area is 91.8 Å². The van der Waals surface area contributed by atoms with Gasteiger partial charge in [0.05, 0.1) is 0 Å². The largest absolute Gasteiger partial charge is 0.316 e. The Morgan fingerprint density at radius 1 is 1.14 bits per heavy atom. The minimum atomic E-state index is 0.973. The van der Waals surface area contributed by atoms with Crippen LogP contribution in [0.2, 0.25) is 0 Å². The van der Waals surface area contributed by atoms with Crippen LogP contribution in [-0.4, -0.2) is 49.1 Å². The Morgan fingerprint density at radius 2 is 1.93 bits per heavy atom. The first-order valence-electron chi connectivity index (χ1n) is 5.96. The van der Waals surface area contributed by atoms with Crippen molar-refractivity contribution in [3.63, 3.8) is 0 Å². The van der Waals surface area contributed by atoms with Gasteiger partial charge in [-0.3, -0.25) is 0 Å². The zero-order chi connectivity index (χ0) is 9.64. The summed E-state index contributed by atoms with van der Waals surface area (Å²) in [5.41, 5.74) is 0. The number of rotatable bonds is 5. The maximum Gasteiger partial charge on any atom is 0.00723 e. The van der Waals surface area contributed by atoms with E-state index < -0.39 is 0 Å². The average Bonchev–Trinajstić information content (AvgIpc) is 2.16. The molecule has 0 unspecified atom stereocenters. The lowest BCUT2D eigenvalue weighted by Gasteiger charge is -2.28. The van der Waals surface area contributed by atoms with Gasteiger partial charge in [-0.1, -0.05) is 6.42 Å². The highest BCUT2D eigenvalue weighted by Crippen LogP contribution is 2.14. The van der Waals surface area contributed by atoms with E-state index in [4.69, 9.17) is 0 Å². The van der Waals surface area contributed by atoms with Crippen molar-refractivity contribution in [2.45, 2.75) is 19.3 Å². The molecule has 0 amide bonds. The van der Waals surface area contributed by atoms with Crippen molar-refractivity contribution >= 4 is 11.8 Å². The first-order chi connectivity index (χ1) is 6.95. The number of nitrogens with one attached hydrogen (secondary N) is 1. The van der Waals surface area contributed by atoms with Crippen molar-refractivity contribution in [2.24, 2.45) is 5.92 Å². The Kier molecular flexibility index (Phi) is 4.61. The van der Waals surface area contributed by atoms with Crippen molar-refractivity contribution in [3.05, 3.63) is 0 Å². The van der Waals surface area contributed by atoms with Gasteiger partial charge in [-0.15, -0.1) is 0 Å². The van der Waals surface area contributed by atoms with Crippen LogP contribution in [-0.2, 0) is 0 Å². The first-order valence-corrected chi connectivity index (χ1v) is 7.11. The number of hydrogen-bond acceptors (Lipinski definition) is 3. The Balaban J connectivity index is 1.45. The SMILES string of the molecule is C1CCN(CCSCC2CNC2)CC1. The second-order valence-electron chi connectivity index (χ2n) is 4.50. The second-order valence-corrected chi connectivity index (χ2v) is 5.65. The molecule has 0 aromatic heterocycles. The summed E-state index contributed by atoms with van der Waals surface area (Å²) in [5, 5.41) is 3.33. The molecule has 1 N–H and O–H groups in total. The van der Waals surface area contributed by atoms with Gasteiger partial charge in [-0.2, -0.15) is 11.8 Å². The summed E-state index contributed by atoms with van der Waals surface area (Å²) in [6.45, 7) is 6.55. The highest BCUT2D eigenvalue weighted by molar-refractivity contribution is 7.99. The van der Waals surface area contributed by atoms with Gasteiger partial charge in [0.25, 0.3) is 0 Å². The van der Waals surface area contributed by atoms with Crippen molar-refractivity contribution in [3.8, 4) is 0 Å². The van der Waals surface area contributed by atoms with E-state index in [1.54, 1.807) is 0 Å². The summed E-state index contributed by atoms with van der Waals surface area (Å²) in [6, 6.07) is 0. The zero-order valence-corrected chi connectivity index (χ0v) is 9.82. The third-order valence-electron chi connectivity index (χ3n) is 3.22. The summed E-state index contributed by atoms with van der Waals surface area (Å²) in [5.74, 6) is 3.69. The van der Waals surface area contributed by atoms with Gasteiger partial charge in [-0.25, -0.2) is 0 Å². The van der Waals surface area contributed by atoms with E-state index in [0.717, 1.165) is 5.92 Å². The van der Waals surface area contributed by atoms with Crippen LogP contribution in [0.1, 0.15) is 19.3 Å². The molecule has 3 heteroatoms. The molecule has 0 saturated carbocycles. The number of nitrogens with zero attached hydrogens (tertiary/aromatic N) is 1. The lowest BCUT2D eigenvalue weighted by molar-refractivity contribution is 0.242. The van der Waals surface area contributed by atoms with E-state index in [1.165, 1.54) is 63.5 Å². The molecule has 2 aliphatic rings. The summed E-state index contributed by atoms with van der Waals surface area (Å²) >= 11 is 2.15. The van der Waals surface area contributed by atoms with Crippen LogP contribution in [0.25, 0.3) is 0 Å². The lowest BCUT2D eigenvalue weighted by atomic mass is 10.1. The Bertz CT molecular complexity index is 153. The normalized spacial score (nSPS) is 24.9. The quantitative estimate of drug-likeness (QED) is 0.697. The molecule has 0 aliphatic carbocycles. The number of piperidine rings is 1. The van der Waals surface area contributed by atoms with Crippen LogP contribution in [0.4, 0.5) is 0 Å². The molecule has 82 valence electrons. The van der Waals surface area contributed by atoms with Gasteiger partial charge in [0.2, 0.25) is 0 Å². The van der Waals surface area contributed by atoms with Crippen LogP contribution < -0.4 is 5.32 Å². The van der Waals surface area contributed by atoms with Crippen LogP contribution >= 0.6 is 11.8 Å². The summed E-state index contributed by atoms with van der Waals surface area (Å²) in [7, 11) is 0. The van der Waals surface area contributed by atoms with Gasteiger partial charge >= 0.3 is 0 Å². The summed E-state index contributed by atoms with van der Waals surface area (Å²) in [4.78, 5) is 2.63. The van der Waals surface area contributed by atoms with Crippen molar-refractivity contribution in [1.29, 1.82) is 0 Å². The fourth-order valence-electron chi connectivity index (χ4n) is 2.09. The number of thioether (sulfide) groups is 1. The molecular weight excluding hydrogens is 192 g/mol. The number of hydrogen-bond donors (Lipinski definition) is 1. The Morgan fingerprint density at radius 3 is 2.57 bits per heavy atom. The molecule has 2 fully saturated rings. The zero-order valence-electron chi connectivity index (χ0n) is 9.00. The Hall–Kier alpha value is 0.270. The van der Waals surface area contributed by atoms with Gasteiger partial charge in [0, 0.05) is 12.3 Å². The molecule has 2 aliphatic heterocycles. The molecule has 2 heterocycles. The third kappa shape index (κ3) is 3.44. The monoisotopic (exact) mass is 214 g/mol. The standard InChI is InChI=1S/C11H22N2S/c1-2-4-13(5-3-1)6-7-14-10-11-8-12-9-11/h11-12H,1-10H2. The number of likely N-dealkylation sites (tertiary alicyclic amines) is 1. The van der Waals surface area contributed by atoms with Crippen LogP contribution in [0.5, 0.6) is 0 Å². The van der Waals surface area contributed by atoms with Crippen molar-refractivity contribution < 1.29 is 0 Å². The topological polar surface area (TPSA) is 15.3 Å². The first kappa shape index (κ1) is 10.8. The fourth-order valence-corrected chi connectivity index (χ4v) is 3.22. The maximum atomic E-state index is 3.33. The van der Waals surface area contributed by atoms with Crippen LogP contribution in [0, 0.1) is 5.92 Å². The van der Waals surface area contributed by atoms with Crippen LogP contribution in [0.3, 0.4) is 0 Å². The van der Waals surface area contributed by atoms with E-state index in [1.807, 2.05) is 0 Å². The van der Waals surface area contributed by atoms with Crippen molar-refractivity contribution in [2.75, 3.05) is 44.2 Å². The smallest absolute Gasteiger partial charge is 0.00723 e. The fraction of sp³-hybridized carbons (Fsp3) is 1.00. The van der Waals surface area contributed by atoms with E-state index in [9.17, 15) is 0 Å². The maximum absolute atomic E-state index is 3.33. The molecule has 2 nitrogen and oxygen atoms in total. The molecule has 0 aromatic rings. The molecule has 0 radical (unpaired) electrons. The molecule has 2 saturated heterocycles. The van der Waals surface area contributed by atoms with E-state index in [0.29, 0.717) is 0 Å². The molecule has 0 atom stereocenters. The molecule has 14 heavy (non-hydrogen) atoms. The highest BCUT2D eigenvalue weighted by Gasteiger charge is 2.16. The molecular formula is C11H22N2S. The summed E-state index contributed by atoms with van der Waals surface area (Å²) < 4.78 is 0. The van der Waals surface area contributed by atoms with Gasteiger partial charge in [0.15, 0.2) is 0 Å². The molecule has 0 aromatic carbocycles. The molecule has 0 spiro atoms. The van der Waals surface area contributed by atoms with E-state index >= 15 is 0 Å². The van der Waals surface area contributed by atoms with Gasteiger partial charge in [-0.05, 0) is 50.7 Å². The van der Waals surface area contributed by atoms with E-state index in [2.05, 4.69) is 22.0 Å². The summed E-state index contributed by atoms with van der Waals surface area (Å²) in [6.07, 6.45) is 4.31. The predicted molar refractivity (Wildman–Crippen MR) is 64.0 cm³/mol. The van der Waals surface area contributed by atoms with Gasteiger partial charge in [0.1, 0.15) is 0 Å². The third-order valence-corrected chi connectivity index (χ3v) is 4.40. The molecule has 2 rings (SSSR count). The second kappa shape index (κ2) is 5.99. The average molecular weight is 214 g/mol.